The molecular formula is C13H21NS. The van der Waals surface area contributed by atoms with Crippen LogP contribution in [0.15, 0.2) is 29.2 Å². The van der Waals surface area contributed by atoms with E-state index in [2.05, 4.69) is 57.3 Å². The van der Waals surface area contributed by atoms with Crippen LogP contribution in [0.1, 0.15) is 26.3 Å². The van der Waals surface area contributed by atoms with Gasteiger partial charge in [0.05, 0.1) is 0 Å². The van der Waals surface area contributed by atoms with Crippen LogP contribution >= 0.6 is 11.8 Å². The summed E-state index contributed by atoms with van der Waals surface area (Å²) < 4.78 is 0. The Bertz CT molecular complexity index is 298. The summed E-state index contributed by atoms with van der Waals surface area (Å²) in [6, 6.07) is 9.14. The number of thioether (sulfide) groups is 1. The van der Waals surface area contributed by atoms with Gasteiger partial charge in [0.1, 0.15) is 0 Å². The molecular weight excluding hydrogens is 202 g/mol. The molecule has 0 aliphatic rings. The molecule has 15 heavy (non-hydrogen) atoms. The van der Waals surface area contributed by atoms with Crippen molar-refractivity contribution in [2.45, 2.75) is 43.9 Å². The van der Waals surface area contributed by atoms with E-state index in [4.69, 9.17) is 0 Å². The average molecular weight is 223 g/mol. The van der Waals surface area contributed by atoms with Gasteiger partial charge in [0.15, 0.2) is 0 Å². The van der Waals surface area contributed by atoms with Gasteiger partial charge >= 0.3 is 0 Å². The Labute approximate surface area is 97.7 Å². The lowest BCUT2D eigenvalue weighted by atomic mass is 10.2. The van der Waals surface area contributed by atoms with E-state index in [1.165, 1.54) is 10.5 Å². The molecule has 0 aromatic heterocycles. The molecule has 0 amide bonds. The number of benzene rings is 1. The van der Waals surface area contributed by atoms with Crippen molar-refractivity contribution in [1.82, 2.24) is 5.32 Å². The molecule has 0 spiro atoms. The lowest BCUT2D eigenvalue weighted by molar-refractivity contribution is 0.563. The van der Waals surface area contributed by atoms with E-state index in [1.807, 2.05) is 11.8 Å². The Morgan fingerprint density at radius 1 is 1.27 bits per heavy atom. The zero-order valence-electron chi connectivity index (χ0n) is 10.1. The summed E-state index contributed by atoms with van der Waals surface area (Å²) in [7, 11) is 0. The molecule has 0 aliphatic carbocycles. The van der Waals surface area contributed by atoms with Crippen LogP contribution in [0.4, 0.5) is 0 Å². The molecule has 2 atom stereocenters. The lowest BCUT2D eigenvalue weighted by Crippen LogP contribution is -2.33. The summed E-state index contributed by atoms with van der Waals surface area (Å²) >= 11 is 1.96. The largest absolute Gasteiger partial charge is 0.313 e. The van der Waals surface area contributed by atoms with E-state index in [1.54, 1.807) is 0 Å². The van der Waals surface area contributed by atoms with E-state index in [9.17, 15) is 0 Å². The number of hydrogen-bond donors (Lipinski definition) is 1. The highest BCUT2D eigenvalue weighted by atomic mass is 32.2. The van der Waals surface area contributed by atoms with E-state index in [-0.39, 0.29) is 0 Å². The Morgan fingerprint density at radius 3 is 2.53 bits per heavy atom. The van der Waals surface area contributed by atoms with Crippen molar-refractivity contribution < 1.29 is 0 Å². The van der Waals surface area contributed by atoms with Crippen molar-refractivity contribution in [3.8, 4) is 0 Å². The summed E-state index contributed by atoms with van der Waals surface area (Å²) in [6.07, 6.45) is 0. The van der Waals surface area contributed by atoms with Crippen molar-refractivity contribution in [2.75, 3.05) is 6.54 Å². The molecule has 1 N–H and O–H groups in total. The molecule has 1 rings (SSSR count). The fraction of sp³-hybridized carbons (Fsp3) is 0.538. The first kappa shape index (κ1) is 12.6. The lowest BCUT2D eigenvalue weighted by Gasteiger charge is -2.20. The third-order valence-corrected chi connectivity index (χ3v) is 4.13. The van der Waals surface area contributed by atoms with Crippen LogP contribution in [-0.2, 0) is 0 Å². The Kier molecular flexibility index (Phi) is 5.20. The fourth-order valence-corrected chi connectivity index (χ4v) is 2.59. The first-order valence-corrected chi connectivity index (χ1v) is 6.48. The molecule has 0 bridgehead atoms. The highest BCUT2D eigenvalue weighted by Gasteiger charge is 2.12. The molecule has 2 unspecified atom stereocenters. The van der Waals surface area contributed by atoms with E-state index < -0.39 is 0 Å². The van der Waals surface area contributed by atoms with Crippen molar-refractivity contribution in [1.29, 1.82) is 0 Å². The van der Waals surface area contributed by atoms with E-state index in [0.29, 0.717) is 11.3 Å². The number of rotatable bonds is 5. The van der Waals surface area contributed by atoms with Crippen LogP contribution in [0.25, 0.3) is 0 Å². The van der Waals surface area contributed by atoms with Crippen molar-refractivity contribution in [2.24, 2.45) is 0 Å². The highest BCUT2D eigenvalue weighted by Crippen LogP contribution is 2.27. The highest BCUT2D eigenvalue weighted by molar-refractivity contribution is 8.00. The zero-order chi connectivity index (χ0) is 11.3. The Balaban J connectivity index is 2.58. The smallest absolute Gasteiger partial charge is 0.0217 e. The predicted molar refractivity (Wildman–Crippen MR) is 69.6 cm³/mol. The monoisotopic (exact) mass is 223 g/mol. The summed E-state index contributed by atoms with van der Waals surface area (Å²) in [4.78, 5) is 1.40. The molecule has 84 valence electrons. The minimum absolute atomic E-state index is 0.555. The summed E-state index contributed by atoms with van der Waals surface area (Å²) in [5.74, 6) is 0. The quantitative estimate of drug-likeness (QED) is 0.767. The molecule has 0 radical (unpaired) electrons. The van der Waals surface area contributed by atoms with Gasteiger partial charge in [-0.3, -0.25) is 0 Å². The normalized spacial score (nSPS) is 14.9. The van der Waals surface area contributed by atoms with Gasteiger partial charge < -0.3 is 5.32 Å². The zero-order valence-corrected chi connectivity index (χ0v) is 10.9. The summed E-state index contributed by atoms with van der Waals surface area (Å²) in [5.41, 5.74) is 1.37. The molecule has 2 heteroatoms. The van der Waals surface area contributed by atoms with Gasteiger partial charge in [-0.2, -0.15) is 0 Å². The van der Waals surface area contributed by atoms with Crippen LogP contribution in [0, 0.1) is 6.92 Å². The van der Waals surface area contributed by atoms with Crippen LogP contribution in [0.5, 0.6) is 0 Å². The van der Waals surface area contributed by atoms with Crippen LogP contribution in [-0.4, -0.2) is 17.8 Å². The Hall–Kier alpha value is -0.470. The van der Waals surface area contributed by atoms with Gasteiger partial charge in [-0.1, -0.05) is 32.0 Å². The standard InChI is InChI=1S/C13H21NS/c1-5-14-11(3)12(4)15-13-9-7-6-8-10(13)2/h6-9,11-12,14H,5H2,1-4H3. The Morgan fingerprint density at radius 2 is 1.93 bits per heavy atom. The molecule has 0 heterocycles. The van der Waals surface area contributed by atoms with Crippen LogP contribution < -0.4 is 5.32 Å². The molecule has 1 aromatic carbocycles. The maximum Gasteiger partial charge on any atom is 0.0217 e. The molecule has 0 saturated carbocycles. The van der Waals surface area contributed by atoms with E-state index >= 15 is 0 Å². The second-order valence-electron chi connectivity index (χ2n) is 3.93. The molecule has 1 aromatic rings. The first-order valence-electron chi connectivity index (χ1n) is 5.60. The SMILES string of the molecule is CCNC(C)C(C)Sc1ccccc1C. The number of nitrogens with one attached hydrogen (secondary N) is 1. The first-order chi connectivity index (χ1) is 7.15. The van der Waals surface area contributed by atoms with Crippen LogP contribution in [0.3, 0.4) is 0 Å². The molecule has 1 nitrogen and oxygen atoms in total. The average Bonchev–Trinajstić information content (AvgIpc) is 2.21. The van der Waals surface area contributed by atoms with Gasteiger partial charge in [-0.25, -0.2) is 0 Å². The topological polar surface area (TPSA) is 12.0 Å². The predicted octanol–water partition coefficient (Wildman–Crippen LogP) is 3.47. The summed E-state index contributed by atoms with van der Waals surface area (Å²) in [6.45, 7) is 9.90. The maximum atomic E-state index is 3.46. The number of hydrogen-bond acceptors (Lipinski definition) is 2. The minimum Gasteiger partial charge on any atom is -0.313 e. The number of aryl methyl sites for hydroxylation is 1. The third kappa shape index (κ3) is 3.88. The van der Waals surface area contributed by atoms with Gasteiger partial charge in [0.2, 0.25) is 0 Å². The second-order valence-corrected chi connectivity index (χ2v) is 5.35. The van der Waals surface area contributed by atoms with Gasteiger partial charge in [0, 0.05) is 16.2 Å². The van der Waals surface area contributed by atoms with Gasteiger partial charge in [-0.15, -0.1) is 11.8 Å². The van der Waals surface area contributed by atoms with E-state index in [0.717, 1.165) is 6.54 Å². The molecule has 0 fully saturated rings. The third-order valence-electron chi connectivity index (χ3n) is 2.64. The van der Waals surface area contributed by atoms with Gasteiger partial charge in [0.25, 0.3) is 0 Å². The van der Waals surface area contributed by atoms with Crippen molar-refractivity contribution in [3.63, 3.8) is 0 Å². The van der Waals surface area contributed by atoms with Crippen LogP contribution in [0.2, 0.25) is 0 Å². The summed E-state index contributed by atoms with van der Waals surface area (Å²) in [5, 5.41) is 4.07. The second kappa shape index (κ2) is 6.19. The van der Waals surface area contributed by atoms with Crippen molar-refractivity contribution in [3.05, 3.63) is 29.8 Å². The fourth-order valence-electron chi connectivity index (χ4n) is 1.48. The maximum absolute atomic E-state index is 3.46. The molecule has 0 saturated heterocycles. The minimum atomic E-state index is 0.555. The molecule has 0 aliphatic heterocycles. The van der Waals surface area contributed by atoms with Gasteiger partial charge in [-0.05, 0) is 32.0 Å². The van der Waals surface area contributed by atoms with Crippen molar-refractivity contribution >= 4 is 11.8 Å².